The third-order valence-electron chi connectivity index (χ3n) is 4.11. The van der Waals surface area contributed by atoms with Crippen LogP contribution in [0.3, 0.4) is 0 Å². The minimum absolute atomic E-state index is 0. The number of hydrogen-bond donors (Lipinski definition) is 3. The lowest BCUT2D eigenvalue weighted by Gasteiger charge is -2.21. The van der Waals surface area contributed by atoms with Crippen molar-refractivity contribution in [3.05, 3.63) is 84.4 Å². The molecule has 29 heavy (non-hydrogen) atoms. The Labute approximate surface area is 169 Å². The molecule has 0 saturated carbocycles. The van der Waals surface area contributed by atoms with Gasteiger partial charge in [-0.1, -0.05) is 30.3 Å². The van der Waals surface area contributed by atoms with Crippen LogP contribution >= 0.6 is 12.4 Å². The van der Waals surface area contributed by atoms with Gasteiger partial charge in [0, 0.05) is 25.2 Å². The summed E-state index contributed by atoms with van der Waals surface area (Å²) in [7, 11) is 0. The molecule has 152 valence electrons. The van der Waals surface area contributed by atoms with Crippen molar-refractivity contribution in [2.24, 2.45) is 0 Å². The smallest absolute Gasteiger partial charge is 0.317 e. The number of H-pyrrole nitrogens is 2. The maximum absolute atomic E-state index is 11.7. The molecule has 11 heteroatoms. The highest BCUT2D eigenvalue weighted by Crippen LogP contribution is 2.23. The zero-order valence-electron chi connectivity index (χ0n) is 15.0. The van der Waals surface area contributed by atoms with Crippen LogP contribution in [0.25, 0.3) is 11.0 Å². The van der Waals surface area contributed by atoms with Crippen LogP contribution in [0.5, 0.6) is 0 Å². The van der Waals surface area contributed by atoms with Gasteiger partial charge in [0.2, 0.25) is 0 Å². The van der Waals surface area contributed by atoms with Crippen molar-refractivity contribution in [2.75, 3.05) is 6.54 Å². The zero-order chi connectivity index (χ0) is 20.3. The number of nitro benzene ring substituents is 1. The van der Waals surface area contributed by atoms with Crippen molar-refractivity contribution >= 4 is 35.1 Å². The van der Waals surface area contributed by atoms with Crippen LogP contribution in [-0.2, 0) is 17.9 Å². The van der Waals surface area contributed by atoms with E-state index >= 15 is 0 Å². The van der Waals surface area contributed by atoms with E-state index in [2.05, 4.69) is 9.97 Å². The SMILES string of the molecule is Cl.O=C(O)CN(Cc1ccccc1)Cc1cc([N+](=O)[O-])cc2[nH]c(=O)c(=O)[nH]c12. The lowest BCUT2D eigenvalue weighted by molar-refractivity contribution is -0.384. The number of carboxylic acid groups (broad SMARTS) is 1. The van der Waals surface area contributed by atoms with Gasteiger partial charge in [0.1, 0.15) is 0 Å². The number of carboxylic acids is 1. The van der Waals surface area contributed by atoms with Crippen LogP contribution in [0.15, 0.2) is 52.1 Å². The van der Waals surface area contributed by atoms with Gasteiger partial charge in [-0.2, -0.15) is 0 Å². The average Bonchev–Trinajstić information content (AvgIpc) is 2.63. The van der Waals surface area contributed by atoms with Gasteiger partial charge in [0.05, 0.1) is 22.5 Å². The molecule has 0 bridgehead atoms. The Balaban J connectivity index is 0.00000300. The fourth-order valence-electron chi connectivity index (χ4n) is 2.95. The van der Waals surface area contributed by atoms with Crippen LogP contribution < -0.4 is 11.1 Å². The zero-order valence-corrected chi connectivity index (χ0v) is 15.8. The van der Waals surface area contributed by atoms with E-state index in [1.54, 1.807) is 4.90 Å². The normalized spacial score (nSPS) is 10.7. The van der Waals surface area contributed by atoms with Crippen molar-refractivity contribution in [3.63, 3.8) is 0 Å². The van der Waals surface area contributed by atoms with E-state index in [-0.39, 0.29) is 48.8 Å². The summed E-state index contributed by atoms with van der Waals surface area (Å²) in [6.45, 7) is -0.0149. The molecule has 0 aliphatic carbocycles. The number of carbonyl (C=O) groups is 1. The Hall–Kier alpha value is -3.50. The molecule has 2 aromatic carbocycles. The van der Waals surface area contributed by atoms with Crippen LogP contribution in [0.1, 0.15) is 11.1 Å². The van der Waals surface area contributed by atoms with E-state index < -0.39 is 22.0 Å². The number of nitrogens with zero attached hydrogens (tertiary/aromatic N) is 2. The number of aromatic amines is 2. The fraction of sp³-hybridized carbons (Fsp3) is 0.167. The third-order valence-corrected chi connectivity index (χ3v) is 4.11. The van der Waals surface area contributed by atoms with Gasteiger partial charge in [0.25, 0.3) is 5.69 Å². The molecule has 0 aliphatic rings. The molecule has 10 nitrogen and oxygen atoms in total. The summed E-state index contributed by atoms with van der Waals surface area (Å²) >= 11 is 0. The maximum atomic E-state index is 11.7. The molecule has 3 rings (SSSR count). The number of fused-ring (bicyclic) bond motifs is 1. The fourth-order valence-corrected chi connectivity index (χ4v) is 2.95. The third kappa shape index (κ3) is 5.27. The lowest BCUT2D eigenvalue weighted by atomic mass is 10.1. The van der Waals surface area contributed by atoms with Gasteiger partial charge in [-0.3, -0.25) is 29.4 Å². The highest BCUT2D eigenvalue weighted by atomic mass is 35.5. The first-order valence-electron chi connectivity index (χ1n) is 8.25. The molecular formula is C18H17ClN4O6. The highest BCUT2D eigenvalue weighted by Gasteiger charge is 2.18. The highest BCUT2D eigenvalue weighted by molar-refractivity contribution is 5.85. The Morgan fingerprint density at radius 2 is 1.72 bits per heavy atom. The Morgan fingerprint density at radius 1 is 1.07 bits per heavy atom. The minimum Gasteiger partial charge on any atom is -0.480 e. The van der Waals surface area contributed by atoms with Crippen molar-refractivity contribution in [2.45, 2.75) is 13.1 Å². The van der Waals surface area contributed by atoms with Crippen molar-refractivity contribution in [1.82, 2.24) is 14.9 Å². The van der Waals surface area contributed by atoms with E-state index in [1.807, 2.05) is 30.3 Å². The van der Waals surface area contributed by atoms with E-state index in [1.165, 1.54) is 6.07 Å². The second kappa shape index (κ2) is 9.13. The number of nitrogens with one attached hydrogen (secondary N) is 2. The largest absolute Gasteiger partial charge is 0.480 e. The van der Waals surface area contributed by atoms with E-state index in [4.69, 9.17) is 0 Å². The van der Waals surface area contributed by atoms with Crippen LogP contribution in [0.2, 0.25) is 0 Å². The summed E-state index contributed by atoms with van der Waals surface area (Å²) < 4.78 is 0. The molecule has 3 N–H and O–H groups in total. The van der Waals surface area contributed by atoms with E-state index in [9.17, 15) is 29.6 Å². The van der Waals surface area contributed by atoms with Gasteiger partial charge >= 0.3 is 17.1 Å². The number of hydrogen-bond acceptors (Lipinski definition) is 6. The molecule has 0 aliphatic heterocycles. The minimum atomic E-state index is -1.06. The van der Waals surface area contributed by atoms with Gasteiger partial charge in [0.15, 0.2) is 0 Å². The second-order valence-electron chi connectivity index (χ2n) is 6.22. The summed E-state index contributed by atoms with van der Waals surface area (Å²) in [4.78, 5) is 51.5. The van der Waals surface area contributed by atoms with Crippen LogP contribution in [0.4, 0.5) is 5.69 Å². The molecule has 0 atom stereocenters. The first kappa shape index (κ1) is 21.8. The first-order valence-corrected chi connectivity index (χ1v) is 8.25. The molecule has 0 unspecified atom stereocenters. The monoisotopic (exact) mass is 420 g/mol. The summed E-state index contributed by atoms with van der Waals surface area (Å²) in [5.41, 5.74) is -0.584. The standard InChI is InChI=1S/C18H16N4O6.ClH/c23-15(24)10-21(8-11-4-2-1-3-5-11)9-12-6-13(22(27)28)7-14-16(12)20-18(26)17(25)19-14;/h1-7H,8-10H2,(H,19,25)(H,20,26)(H,23,24);1H. The van der Waals surface area contributed by atoms with Gasteiger partial charge in [-0.15, -0.1) is 12.4 Å². The van der Waals surface area contributed by atoms with Gasteiger partial charge < -0.3 is 15.1 Å². The topological polar surface area (TPSA) is 149 Å². The first-order chi connectivity index (χ1) is 13.3. The number of nitro groups is 1. The maximum Gasteiger partial charge on any atom is 0.317 e. The molecule has 1 aromatic heterocycles. The molecule has 0 fully saturated rings. The number of benzene rings is 2. The van der Waals surface area contributed by atoms with Crippen LogP contribution in [-0.4, -0.2) is 37.4 Å². The van der Waals surface area contributed by atoms with Crippen molar-refractivity contribution in [3.8, 4) is 0 Å². The molecule has 0 amide bonds. The Morgan fingerprint density at radius 3 is 2.34 bits per heavy atom. The molecular weight excluding hydrogens is 404 g/mol. The van der Waals surface area contributed by atoms with Crippen molar-refractivity contribution < 1.29 is 14.8 Å². The van der Waals surface area contributed by atoms with Gasteiger partial charge in [-0.05, 0) is 11.1 Å². The molecule has 0 radical (unpaired) electrons. The summed E-state index contributed by atoms with van der Waals surface area (Å²) in [5.74, 6) is -1.06. The lowest BCUT2D eigenvalue weighted by Crippen LogP contribution is -2.31. The summed E-state index contributed by atoms with van der Waals surface area (Å²) in [6, 6.07) is 11.5. The quantitative estimate of drug-likeness (QED) is 0.298. The summed E-state index contributed by atoms with van der Waals surface area (Å²) in [5, 5.41) is 20.5. The number of rotatable bonds is 7. The number of aromatic nitrogens is 2. The van der Waals surface area contributed by atoms with Crippen LogP contribution in [0, 0.1) is 10.1 Å². The van der Waals surface area contributed by atoms with Crippen molar-refractivity contribution in [1.29, 1.82) is 0 Å². The Kier molecular flexibility index (Phi) is 6.86. The summed E-state index contributed by atoms with van der Waals surface area (Å²) in [6.07, 6.45) is 0. The van der Waals surface area contributed by atoms with E-state index in [0.29, 0.717) is 5.56 Å². The molecule has 0 saturated heterocycles. The number of aliphatic carboxylic acids is 1. The average molecular weight is 421 g/mol. The van der Waals surface area contributed by atoms with E-state index in [0.717, 1.165) is 11.6 Å². The molecule has 0 spiro atoms. The van der Waals surface area contributed by atoms with Gasteiger partial charge in [-0.25, -0.2) is 0 Å². The molecule has 3 aromatic rings. The Bertz CT molecular complexity index is 1160. The predicted molar refractivity (Wildman–Crippen MR) is 107 cm³/mol. The predicted octanol–water partition coefficient (Wildman–Crippen LogP) is 1.63. The molecule has 1 heterocycles. The second-order valence-corrected chi connectivity index (χ2v) is 6.22. The number of halogens is 1. The number of non-ortho nitro benzene ring substituents is 1.